The number of ether oxygens (including phenoxy) is 5. The Kier molecular flexibility index (Phi) is 19.1. The predicted octanol–water partition coefficient (Wildman–Crippen LogP) is 11.3. The monoisotopic (exact) mass is 1290 g/mol. The Balaban J connectivity index is 0.000000151. The average molecular weight is 1290 g/mol. The molecule has 12 rings (SSSR count). The molecule has 0 aliphatic carbocycles. The van der Waals surface area contributed by atoms with Crippen LogP contribution < -0.4 is 29.3 Å². The van der Waals surface area contributed by atoms with Gasteiger partial charge in [-0.2, -0.15) is 5.10 Å². The number of alkyl halides is 3. The van der Waals surface area contributed by atoms with Gasteiger partial charge in [0.2, 0.25) is 11.8 Å². The van der Waals surface area contributed by atoms with E-state index in [2.05, 4.69) is 89.5 Å². The molecule has 0 spiro atoms. The van der Waals surface area contributed by atoms with Crippen molar-refractivity contribution in [1.29, 1.82) is 0 Å². The van der Waals surface area contributed by atoms with Gasteiger partial charge >= 0.3 is 24.3 Å². The van der Waals surface area contributed by atoms with Gasteiger partial charge in [-0.05, 0) is 107 Å². The summed E-state index contributed by atoms with van der Waals surface area (Å²) in [6.07, 6.45) is -2.38. The number of hydrogen-bond donors (Lipinski definition) is 2. The summed E-state index contributed by atoms with van der Waals surface area (Å²) >= 11 is 3.60. The first-order valence-electron chi connectivity index (χ1n) is 28.2. The number of carbonyl (C=O) groups is 2. The number of imidazole rings is 1. The number of amides is 2. The molecule has 2 amide bonds. The van der Waals surface area contributed by atoms with Crippen LogP contribution in [0.3, 0.4) is 0 Å². The summed E-state index contributed by atoms with van der Waals surface area (Å²) in [5, 5.41) is 33.8. The number of aromatic nitrogens is 5. The number of methoxy groups -OCH3 is 1. The van der Waals surface area contributed by atoms with Crippen LogP contribution in [0.4, 0.5) is 39.5 Å². The highest BCUT2D eigenvalue weighted by Gasteiger charge is 2.43. The molecule has 3 aliphatic heterocycles. The van der Waals surface area contributed by atoms with Gasteiger partial charge in [0.15, 0.2) is 0 Å². The van der Waals surface area contributed by atoms with Crippen molar-refractivity contribution in [3.63, 3.8) is 0 Å². The molecule has 2 N–H and O–H groups in total. The zero-order chi connectivity index (χ0) is 63.1. The number of fused-ring (bicyclic) bond motifs is 4. The molecule has 6 aromatic carbocycles. The lowest BCUT2D eigenvalue weighted by Crippen LogP contribution is -2.38. The van der Waals surface area contributed by atoms with Gasteiger partial charge in [-0.1, -0.05) is 101 Å². The van der Waals surface area contributed by atoms with Crippen LogP contribution in [-0.2, 0) is 53.2 Å². The van der Waals surface area contributed by atoms with Crippen molar-refractivity contribution in [2.75, 3.05) is 57.2 Å². The van der Waals surface area contributed by atoms with Gasteiger partial charge in [0.25, 0.3) is 0 Å². The van der Waals surface area contributed by atoms with E-state index in [4.69, 9.17) is 23.9 Å². The quantitative estimate of drug-likeness (QED) is 0.0493. The van der Waals surface area contributed by atoms with Crippen LogP contribution in [0.2, 0.25) is 0 Å². The fourth-order valence-corrected chi connectivity index (χ4v) is 11.4. The first-order valence-corrected chi connectivity index (χ1v) is 29.0. The summed E-state index contributed by atoms with van der Waals surface area (Å²) in [5.41, 5.74) is 5.95. The van der Waals surface area contributed by atoms with Gasteiger partial charge < -0.3 is 54.0 Å². The second-order valence-electron chi connectivity index (χ2n) is 21.8. The largest absolute Gasteiger partial charge is 0.573 e. The van der Waals surface area contributed by atoms with Crippen molar-refractivity contribution < 1.29 is 60.9 Å². The molecule has 9 aromatic rings. The first-order chi connectivity index (χ1) is 42.6. The summed E-state index contributed by atoms with van der Waals surface area (Å²) in [7, 11) is 7.59. The van der Waals surface area contributed by atoms with E-state index >= 15 is 0 Å². The fourth-order valence-electron chi connectivity index (χ4n) is 11.0. The van der Waals surface area contributed by atoms with Crippen LogP contribution in [-0.4, -0.2) is 117 Å². The van der Waals surface area contributed by atoms with E-state index in [-0.39, 0.29) is 55.9 Å². The van der Waals surface area contributed by atoms with Gasteiger partial charge in [-0.15, -0.1) is 13.2 Å². The van der Waals surface area contributed by atoms with Gasteiger partial charge in [0, 0.05) is 65.1 Å². The Bertz CT molecular complexity index is 3980. The number of cyclic esters (lactones) is 1. The molecule has 464 valence electrons. The maximum Gasteiger partial charge on any atom is 0.573 e. The highest BCUT2D eigenvalue weighted by atomic mass is 79.9. The van der Waals surface area contributed by atoms with Gasteiger partial charge in [0.05, 0.1) is 62.5 Å². The first kappa shape index (κ1) is 62.9. The minimum Gasteiger partial charge on any atom is -0.481 e. The Labute approximate surface area is 517 Å². The third-order valence-corrected chi connectivity index (χ3v) is 15.7. The summed E-state index contributed by atoms with van der Waals surface area (Å²) in [6, 6.07) is 43.0. The van der Waals surface area contributed by atoms with Crippen molar-refractivity contribution in [3.8, 4) is 17.6 Å². The number of rotatable bonds is 17. The lowest BCUT2D eigenvalue weighted by Gasteiger charge is -2.39. The smallest absolute Gasteiger partial charge is 0.481 e. The van der Waals surface area contributed by atoms with Crippen LogP contribution in [0, 0.1) is 15.9 Å². The Hall–Kier alpha value is -9.17. The number of pyridine rings is 1. The van der Waals surface area contributed by atoms with Crippen LogP contribution in [0.5, 0.6) is 17.6 Å². The number of hydrogen-bond acceptors (Lipinski definition) is 15. The number of nitrogens with one attached hydrogen (secondary N) is 1. The Morgan fingerprint density at radius 1 is 0.921 bits per heavy atom. The van der Waals surface area contributed by atoms with Crippen LogP contribution >= 0.6 is 15.9 Å². The molecule has 0 saturated carbocycles. The van der Waals surface area contributed by atoms with Crippen molar-refractivity contribution >= 4 is 66.8 Å². The van der Waals surface area contributed by atoms with Crippen LogP contribution in [0.15, 0.2) is 156 Å². The molecule has 20 nitrogen and oxygen atoms in total. The van der Waals surface area contributed by atoms with Crippen LogP contribution in [0.25, 0.3) is 21.7 Å². The average Bonchev–Trinajstić information content (AvgIpc) is 1.50. The lowest BCUT2D eigenvalue weighted by atomic mass is 9.70. The summed E-state index contributed by atoms with van der Waals surface area (Å²) in [4.78, 5) is 47.2. The molecule has 3 aliphatic rings. The molecule has 0 bridgehead atoms. The molecule has 0 radical (unpaired) electrons. The zero-order valence-electron chi connectivity index (χ0n) is 49.1. The van der Waals surface area contributed by atoms with Gasteiger partial charge in [-0.25, -0.2) is 14.2 Å². The van der Waals surface area contributed by atoms with Crippen molar-refractivity contribution in [1.82, 2.24) is 34.5 Å². The minimum absolute atomic E-state index is 0.145. The van der Waals surface area contributed by atoms with Crippen molar-refractivity contribution in [2.24, 2.45) is 7.05 Å². The minimum atomic E-state index is -4.73. The summed E-state index contributed by atoms with van der Waals surface area (Å²) in [5.74, 6) is -1.12. The molecule has 6 heterocycles. The molecule has 1 saturated heterocycles. The van der Waals surface area contributed by atoms with Crippen LogP contribution in [0.1, 0.15) is 52.8 Å². The highest BCUT2D eigenvalue weighted by molar-refractivity contribution is 9.10. The van der Waals surface area contributed by atoms with E-state index < -0.39 is 40.8 Å². The molecule has 25 heteroatoms. The molecular formula is C64H63BrF4N10O10. The highest BCUT2D eigenvalue weighted by Crippen LogP contribution is 2.49. The number of carbonyl (C=O) groups excluding carboxylic acids is 2. The molecule has 89 heavy (non-hydrogen) atoms. The second-order valence-corrected chi connectivity index (χ2v) is 22.7. The number of nitro groups is 1. The summed E-state index contributed by atoms with van der Waals surface area (Å²) in [6.45, 7) is 4.39. The van der Waals surface area contributed by atoms with E-state index in [0.717, 1.165) is 54.1 Å². The maximum absolute atomic E-state index is 14.7. The fraction of sp³-hybridized carbons (Fsp3) is 0.297. The number of halogens is 5. The normalized spacial score (nSPS) is 16.2. The Morgan fingerprint density at radius 2 is 1.67 bits per heavy atom. The van der Waals surface area contributed by atoms with E-state index in [0.29, 0.717) is 55.4 Å². The number of aryl methyl sites for hydroxylation is 1. The number of benzene rings is 6. The lowest BCUT2D eigenvalue weighted by molar-refractivity contribution is -0.389. The van der Waals surface area contributed by atoms with E-state index in [1.165, 1.54) is 52.9 Å². The van der Waals surface area contributed by atoms with E-state index in [1.54, 1.807) is 23.9 Å². The van der Waals surface area contributed by atoms with Crippen molar-refractivity contribution in [3.05, 3.63) is 206 Å². The summed E-state index contributed by atoms with van der Waals surface area (Å²) < 4.78 is 81.1. The molecule has 4 atom stereocenters. The standard InChI is InChI=1S/C32H31BrN2O2.C18H20FN5O3.C14H12F3N3O5/c1-35(2)19-18-32(36,28-15-9-13-22-10-7-8-14-26(22)28)30(23-11-5-4-6-12-23)27-21-24-20-25(33)16-17-29(24)34-31(27)37-3;1-11(25)20-6-14-9-24(18(26)27-14)13-3-4-17(15(19)5-13)23-8-12-7-22(2)21-16(12)10-23;15-14(16,17)25-10-3-1-9(2-4-10)7-23-11-5-19-6-12(20(21)22)18-13(19)24-8-11/h4-17,20-21,30,36H,18-19H2,1-3H3;3-5,7,14H,6,8-10H2,1-2H3,(H,20,25);1-4,6,11H,5,7-8H2/t30-,32-;14-;11-/m100/s1. The second kappa shape index (κ2) is 27.1. The topological polar surface area (TPSA) is 214 Å². The number of nitrogens with zero attached hydrogens (tertiary/aromatic N) is 9. The van der Waals surface area contributed by atoms with Crippen molar-refractivity contribution in [2.45, 2.75) is 69.7 Å². The maximum atomic E-state index is 14.7. The molecule has 3 aromatic heterocycles. The molecular weight excluding hydrogens is 1220 g/mol. The third kappa shape index (κ3) is 15.1. The van der Waals surface area contributed by atoms with Gasteiger partial charge in [-0.3, -0.25) is 18.9 Å². The predicted molar refractivity (Wildman–Crippen MR) is 327 cm³/mol. The van der Waals surface area contributed by atoms with Gasteiger partial charge in [0.1, 0.15) is 42.2 Å². The zero-order valence-corrected chi connectivity index (χ0v) is 50.7. The molecule has 1 fully saturated rings. The molecule has 0 unspecified atom stereocenters. The number of anilines is 2. The third-order valence-electron chi connectivity index (χ3n) is 15.2. The Morgan fingerprint density at radius 3 is 2.38 bits per heavy atom. The van der Waals surface area contributed by atoms with E-state index in [9.17, 15) is 42.4 Å². The van der Waals surface area contributed by atoms with E-state index in [1.807, 2.05) is 80.8 Å². The number of aliphatic hydroxyl groups is 1. The SMILES string of the molecule is CC(=O)NC[C@H]1CN(c2ccc(N3Cc4cn(C)nc4C3)c(F)c2)C(=O)O1.COc1nc2ccc(Br)cc2cc1[C@@H](c1ccccc1)[C@@](O)(CCN(C)C)c1cccc2ccccc12.O=[N+]([O-])c1cn2c(n1)OC[C@@H](OCc1ccc(OC(F)(F)F)cc1)C2.